The summed E-state index contributed by atoms with van der Waals surface area (Å²) in [6, 6.07) is 0. The molecule has 0 amide bonds. The third-order valence-corrected chi connectivity index (χ3v) is 3.99. The molecule has 0 aromatic carbocycles. The van der Waals surface area contributed by atoms with Crippen LogP contribution >= 0.6 is 0 Å². The number of esters is 1. The van der Waals surface area contributed by atoms with Crippen molar-refractivity contribution < 1.29 is 14.6 Å². The number of carbonyl (C=O) groups excluding carboxylic acids is 1. The minimum absolute atomic E-state index is 0.0819. The summed E-state index contributed by atoms with van der Waals surface area (Å²) >= 11 is 0. The van der Waals surface area contributed by atoms with Crippen LogP contribution in [0.25, 0.3) is 0 Å². The van der Waals surface area contributed by atoms with Crippen LogP contribution in [0.1, 0.15) is 19.8 Å². The highest BCUT2D eigenvalue weighted by atomic mass is 16.6. The van der Waals surface area contributed by atoms with Crippen LogP contribution in [-0.4, -0.2) is 22.8 Å². The molecule has 1 saturated heterocycles. The zero-order valence-corrected chi connectivity index (χ0v) is 6.99. The van der Waals surface area contributed by atoms with Crippen LogP contribution in [0.5, 0.6) is 0 Å². The largest absolute Gasteiger partial charge is 0.456 e. The summed E-state index contributed by atoms with van der Waals surface area (Å²) in [7, 11) is 0. The van der Waals surface area contributed by atoms with Crippen LogP contribution in [0.2, 0.25) is 0 Å². The Morgan fingerprint density at radius 1 is 1.58 bits per heavy atom. The SMILES string of the molecule is CC12OC(=O)C3CC(CC31)C2O. The van der Waals surface area contributed by atoms with Crippen LogP contribution in [0, 0.1) is 17.8 Å². The van der Waals surface area contributed by atoms with E-state index in [9.17, 15) is 9.90 Å². The molecular weight excluding hydrogens is 156 g/mol. The Kier molecular flexibility index (Phi) is 0.971. The van der Waals surface area contributed by atoms with E-state index in [1.165, 1.54) is 0 Å². The minimum Gasteiger partial charge on any atom is -0.456 e. The molecule has 5 unspecified atom stereocenters. The Hall–Kier alpha value is -0.570. The number of hydrogen-bond acceptors (Lipinski definition) is 3. The van der Waals surface area contributed by atoms with Crippen molar-refractivity contribution >= 4 is 5.97 Å². The molecular formula is C9H12O3. The van der Waals surface area contributed by atoms with E-state index in [2.05, 4.69) is 0 Å². The second kappa shape index (κ2) is 1.69. The first-order valence-corrected chi connectivity index (χ1v) is 4.54. The third kappa shape index (κ3) is 0.505. The summed E-state index contributed by atoms with van der Waals surface area (Å²) in [5, 5.41) is 9.81. The Labute approximate surface area is 70.7 Å². The molecule has 0 spiro atoms. The van der Waals surface area contributed by atoms with Gasteiger partial charge in [0.05, 0.1) is 12.0 Å². The van der Waals surface area contributed by atoms with Crippen molar-refractivity contribution in [1.29, 1.82) is 0 Å². The smallest absolute Gasteiger partial charge is 0.310 e. The number of rotatable bonds is 0. The molecule has 1 aliphatic heterocycles. The topological polar surface area (TPSA) is 46.5 Å². The van der Waals surface area contributed by atoms with E-state index in [4.69, 9.17) is 4.74 Å². The molecule has 1 heterocycles. The second-order valence-corrected chi connectivity index (χ2v) is 4.49. The van der Waals surface area contributed by atoms with Gasteiger partial charge >= 0.3 is 5.97 Å². The van der Waals surface area contributed by atoms with Gasteiger partial charge in [-0.05, 0) is 25.7 Å². The molecule has 2 bridgehead atoms. The molecule has 5 atom stereocenters. The monoisotopic (exact) mass is 168 g/mol. The minimum atomic E-state index is -0.537. The lowest BCUT2D eigenvalue weighted by Gasteiger charge is -2.30. The molecule has 66 valence electrons. The van der Waals surface area contributed by atoms with E-state index in [1.807, 2.05) is 6.92 Å². The number of hydrogen-bond donors (Lipinski definition) is 1. The molecule has 2 saturated carbocycles. The molecule has 12 heavy (non-hydrogen) atoms. The standard InChI is InChI=1S/C9H12O3/c1-9-6-3-4(7(9)10)2-5(6)8(11)12-9/h4-7,10H,2-3H2,1H3. The summed E-state index contributed by atoms with van der Waals surface area (Å²) in [5.41, 5.74) is -0.537. The van der Waals surface area contributed by atoms with Crippen molar-refractivity contribution in [2.45, 2.75) is 31.5 Å². The van der Waals surface area contributed by atoms with Gasteiger partial charge in [0.25, 0.3) is 0 Å². The highest BCUT2D eigenvalue weighted by molar-refractivity contribution is 5.77. The van der Waals surface area contributed by atoms with Gasteiger partial charge in [-0.1, -0.05) is 0 Å². The van der Waals surface area contributed by atoms with Gasteiger partial charge in [-0.15, -0.1) is 0 Å². The van der Waals surface area contributed by atoms with Crippen molar-refractivity contribution in [2.75, 3.05) is 0 Å². The highest BCUT2D eigenvalue weighted by Crippen LogP contribution is 2.59. The van der Waals surface area contributed by atoms with Crippen molar-refractivity contribution in [2.24, 2.45) is 17.8 Å². The molecule has 0 aromatic heterocycles. The molecule has 0 radical (unpaired) electrons. The Balaban J connectivity index is 2.11. The van der Waals surface area contributed by atoms with Crippen LogP contribution in [0.4, 0.5) is 0 Å². The van der Waals surface area contributed by atoms with E-state index < -0.39 is 11.7 Å². The van der Waals surface area contributed by atoms with Crippen LogP contribution in [0.3, 0.4) is 0 Å². The highest BCUT2D eigenvalue weighted by Gasteiger charge is 2.68. The lowest BCUT2D eigenvalue weighted by atomic mass is 9.79. The average Bonchev–Trinajstić information content (AvgIpc) is 2.56. The van der Waals surface area contributed by atoms with Gasteiger partial charge in [0.2, 0.25) is 0 Å². The van der Waals surface area contributed by atoms with E-state index in [0.29, 0.717) is 11.8 Å². The summed E-state index contributed by atoms with van der Waals surface area (Å²) in [5.74, 6) is 0.631. The zero-order chi connectivity index (χ0) is 8.51. The summed E-state index contributed by atoms with van der Waals surface area (Å²) in [6.45, 7) is 1.87. The van der Waals surface area contributed by atoms with Gasteiger partial charge in [-0.3, -0.25) is 4.79 Å². The maximum atomic E-state index is 11.3. The van der Waals surface area contributed by atoms with Gasteiger partial charge in [0, 0.05) is 5.92 Å². The first kappa shape index (κ1) is 6.89. The molecule has 3 heteroatoms. The molecule has 3 rings (SSSR count). The van der Waals surface area contributed by atoms with Gasteiger partial charge in [-0.25, -0.2) is 0 Å². The Morgan fingerprint density at radius 3 is 2.92 bits per heavy atom. The van der Waals surface area contributed by atoms with Crippen molar-refractivity contribution in [1.82, 2.24) is 0 Å². The van der Waals surface area contributed by atoms with Crippen LogP contribution < -0.4 is 0 Å². The van der Waals surface area contributed by atoms with E-state index in [0.717, 1.165) is 12.8 Å². The average molecular weight is 168 g/mol. The maximum absolute atomic E-state index is 11.3. The molecule has 3 aliphatic rings. The van der Waals surface area contributed by atoms with Crippen molar-refractivity contribution in [3.05, 3.63) is 0 Å². The number of carbonyl (C=O) groups is 1. The fourth-order valence-corrected chi connectivity index (χ4v) is 3.34. The molecule has 1 N–H and O–H groups in total. The molecule has 2 aliphatic carbocycles. The third-order valence-electron chi connectivity index (χ3n) is 3.99. The van der Waals surface area contributed by atoms with Gasteiger partial charge < -0.3 is 9.84 Å². The summed E-state index contributed by atoms with van der Waals surface area (Å²) < 4.78 is 5.25. The number of aliphatic hydroxyl groups is 1. The first-order valence-electron chi connectivity index (χ1n) is 4.54. The van der Waals surface area contributed by atoms with E-state index >= 15 is 0 Å². The fourth-order valence-electron chi connectivity index (χ4n) is 3.34. The Morgan fingerprint density at radius 2 is 2.33 bits per heavy atom. The van der Waals surface area contributed by atoms with Crippen LogP contribution in [0.15, 0.2) is 0 Å². The lowest BCUT2D eigenvalue weighted by molar-refractivity contribution is -0.155. The van der Waals surface area contributed by atoms with E-state index in [1.54, 1.807) is 0 Å². The van der Waals surface area contributed by atoms with Crippen LogP contribution in [-0.2, 0) is 9.53 Å². The van der Waals surface area contributed by atoms with Crippen molar-refractivity contribution in [3.8, 4) is 0 Å². The normalized spacial score (nSPS) is 61.0. The zero-order valence-electron chi connectivity index (χ0n) is 6.99. The predicted molar refractivity (Wildman–Crippen MR) is 40.2 cm³/mol. The second-order valence-electron chi connectivity index (χ2n) is 4.49. The number of ether oxygens (including phenoxy) is 1. The molecule has 0 aromatic rings. The van der Waals surface area contributed by atoms with E-state index in [-0.39, 0.29) is 11.9 Å². The summed E-state index contributed by atoms with van der Waals surface area (Å²) in [6.07, 6.45) is 1.42. The number of aliphatic hydroxyl groups excluding tert-OH is 1. The van der Waals surface area contributed by atoms with Gasteiger partial charge in [-0.2, -0.15) is 0 Å². The van der Waals surface area contributed by atoms with Crippen molar-refractivity contribution in [3.63, 3.8) is 0 Å². The number of fused-ring (bicyclic) bond motifs is 1. The predicted octanol–water partition coefficient (Wildman–Crippen LogP) is 0.319. The molecule has 3 nitrogen and oxygen atoms in total. The fraction of sp³-hybridized carbons (Fsp3) is 0.889. The Bertz CT molecular complexity index is 262. The first-order chi connectivity index (χ1) is 5.63. The maximum Gasteiger partial charge on any atom is 0.310 e. The summed E-state index contributed by atoms with van der Waals surface area (Å²) in [4.78, 5) is 11.3. The molecule has 3 fully saturated rings. The quantitative estimate of drug-likeness (QED) is 0.530. The van der Waals surface area contributed by atoms with Gasteiger partial charge in [0.1, 0.15) is 5.60 Å². The van der Waals surface area contributed by atoms with Gasteiger partial charge in [0.15, 0.2) is 0 Å². The lowest BCUT2D eigenvalue weighted by Crippen LogP contribution is -2.43.